The lowest BCUT2D eigenvalue weighted by Crippen LogP contribution is -2.25. The summed E-state index contributed by atoms with van der Waals surface area (Å²) in [5, 5.41) is 0. The smallest absolute Gasteiger partial charge is 0.210 e. The van der Waals surface area contributed by atoms with Gasteiger partial charge in [-0.2, -0.15) is 0 Å². The number of hydrogen-bond donors (Lipinski definition) is 1. The van der Waals surface area contributed by atoms with Gasteiger partial charge in [-0.1, -0.05) is 6.07 Å². The van der Waals surface area contributed by atoms with Crippen molar-refractivity contribution in [3.63, 3.8) is 0 Å². The standard InChI is InChI=1S/C13H13BrFNO2S2/c1-9-8-11(15)3-2-10(9)6-7-16-20(17,18)13-5-4-12(14)19-13/h2-5,8,16H,6-7H2,1H3. The molecule has 0 aliphatic carbocycles. The lowest BCUT2D eigenvalue weighted by atomic mass is 10.1. The minimum Gasteiger partial charge on any atom is -0.210 e. The van der Waals surface area contributed by atoms with Crippen LogP contribution in [0.25, 0.3) is 0 Å². The molecule has 0 radical (unpaired) electrons. The van der Waals surface area contributed by atoms with E-state index in [2.05, 4.69) is 20.7 Å². The van der Waals surface area contributed by atoms with Crippen molar-refractivity contribution in [1.82, 2.24) is 4.72 Å². The molecule has 0 spiro atoms. The Balaban J connectivity index is 1.99. The molecule has 0 atom stereocenters. The van der Waals surface area contributed by atoms with E-state index in [0.717, 1.165) is 26.3 Å². The summed E-state index contributed by atoms with van der Waals surface area (Å²) in [6, 6.07) is 7.76. The van der Waals surface area contributed by atoms with Crippen LogP contribution >= 0.6 is 27.3 Å². The average Bonchev–Trinajstić information content (AvgIpc) is 2.79. The third kappa shape index (κ3) is 3.88. The van der Waals surface area contributed by atoms with Gasteiger partial charge in [-0.15, -0.1) is 11.3 Å². The van der Waals surface area contributed by atoms with Crippen molar-refractivity contribution < 1.29 is 12.8 Å². The number of nitrogens with one attached hydrogen (secondary N) is 1. The van der Waals surface area contributed by atoms with Crippen LogP contribution in [-0.2, 0) is 16.4 Å². The molecule has 2 aromatic rings. The summed E-state index contributed by atoms with van der Waals surface area (Å²) < 4.78 is 40.6. The number of thiophene rings is 1. The van der Waals surface area contributed by atoms with Gasteiger partial charge in [0, 0.05) is 6.54 Å². The van der Waals surface area contributed by atoms with Crippen molar-refractivity contribution in [2.75, 3.05) is 6.54 Å². The van der Waals surface area contributed by atoms with E-state index in [0.29, 0.717) is 6.42 Å². The number of benzene rings is 1. The molecule has 1 heterocycles. The largest absolute Gasteiger partial charge is 0.250 e. The van der Waals surface area contributed by atoms with Gasteiger partial charge >= 0.3 is 0 Å². The van der Waals surface area contributed by atoms with E-state index >= 15 is 0 Å². The van der Waals surface area contributed by atoms with E-state index in [1.807, 2.05) is 6.92 Å². The Kier molecular flexibility index (Phi) is 4.95. The van der Waals surface area contributed by atoms with E-state index in [4.69, 9.17) is 0 Å². The Morgan fingerprint density at radius 3 is 2.65 bits per heavy atom. The Labute approximate surface area is 130 Å². The van der Waals surface area contributed by atoms with Crippen LogP contribution in [-0.4, -0.2) is 15.0 Å². The molecule has 0 fully saturated rings. The molecular weight excluding hydrogens is 365 g/mol. The van der Waals surface area contributed by atoms with E-state index < -0.39 is 10.0 Å². The summed E-state index contributed by atoms with van der Waals surface area (Å²) >= 11 is 4.40. The summed E-state index contributed by atoms with van der Waals surface area (Å²) in [6.45, 7) is 2.09. The molecule has 20 heavy (non-hydrogen) atoms. The molecule has 1 aromatic carbocycles. The van der Waals surface area contributed by atoms with E-state index in [9.17, 15) is 12.8 Å². The number of halogens is 2. The maximum Gasteiger partial charge on any atom is 0.250 e. The van der Waals surface area contributed by atoms with Crippen LogP contribution in [0.5, 0.6) is 0 Å². The summed E-state index contributed by atoms with van der Waals surface area (Å²) in [7, 11) is -3.47. The fourth-order valence-electron chi connectivity index (χ4n) is 1.77. The normalized spacial score (nSPS) is 11.8. The Hall–Kier alpha value is -0.760. The zero-order valence-electron chi connectivity index (χ0n) is 10.7. The van der Waals surface area contributed by atoms with E-state index in [1.165, 1.54) is 12.1 Å². The van der Waals surface area contributed by atoms with Crippen molar-refractivity contribution >= 4 is 37.3 Å². The molecule has 1 aromatic heterocycles. The third-order valence-corrected chi connectivity index (χ3v) is 6.38. The Morgan fingerprint density at radius 2 is 2.05 bits per heavy atom. The van der Waals surface area contributed by atoms with Crippen LogP contribution in [0.4, 0.5) is 4.39 Å². The first-order valence-electron chi connectivity index (χ1n) is 5.88. The molecule has 0 saturated carbocycles. The second-order valence-corrected chi connectivity index (χ2v) is 8.73. The molecular formula is C13H13BrFNO2S2. The number of sulfonamides is 1. The lowest BCUT2D eigenvalue weighted by molar-refractivity contribution is 0.583. The van der Waals surface area contributed by atoms with Gasteiger partial charge in [0.1, 0.15) is 10.0 Å². The highest BCUT2D eigenvalue weighted by molar-refractivity contribution is 9.11. The molecule has 0 bridgehead atoms. The van der Waals surface area contributed by atoms with Crippen molar-refractivity contribution in [2.24, 2.45) is 0 Å². The highest BCUT2D eigenvalue weighted by Gasteiger charge is 2.15. The molecule has 0 aliphatic rings. The van der Waals surface area contributed by atoms with Gasteiger partial charge in [-0.05, 0) is 64.7 Å². The molecule has 0 aliphatic heterocycles. The van der Waals surface area contributed by atoms with Crippen molar-refractivity contribution in [2.45, 2.75) is 17.6 Å². The minimum atomic E-state index is -3.47. The van der Waals surface area contributed by atoms with Gasteiger partial charge in [0.15, 0.2) is 0 Å². The SMILES string of the molecule is Cc1cc(F)ccc1CCNS(=O)(=O)c1ccc(Br)s1. The van der Waals surface area contributed by atoms with Crippen LogP contribution in [0.1, 0.15) is 11.1 Å². The second kappa shape index (κ2) is 6.34. The molecule has 1 N–H and O–H groups in total. The highest BCUT2D eigenvalue weighted by Crippen LogP contribution is 2.25. The van der Waals surface area contributed by atoms with Crippen molar-refractivity contribution in [1.29, 1.82) is 0 Å². The fraction of sp³-hybridized carbons (Fsp3) is 0.231. The summed E-state index contributed by atoms with van der Waals surface area (Å²) in [6.07, 6.45) is 0.526. The van der Waals surface area contributed by atoms with Gasteiger partial charge in [0.05, 0.1) is 3.79 Å². The monoisotopic (exact) mass is 377 g/mol. The predicted molar refractivity (Wildman–Crippen MR) is 82.0 cm³/mol. The first-order valence-corrected chi connectivity index (χ1v) is 8.98. The zero-order valence-corrected chi connectivity index (χ0v) is 13.9. The van der Waals surface area contributed by atoms with Crippen molar-refractivity contribution in [3.8, 4) is 0 Å². The Bertz CT molecular complexity index is 713. The van der Waals surface area contributed by atoms with Gasteiger partial charge in [-0.3, -0.25) is 0 Å². The zero-order chi connectivity index (χ0) is 14.8. The Morgan fingerprint density at radius 1 is 1.30 bits per heavy atom. The first-order chi connectivity index (χ1) is 9.38. The average molecular weight is 378 g/mol. The molecule has 7 heteroatoms. The molecule has 0 amide bonds. The van der Waals surface area contributed by atoms with Crippen LogP contribution in [0.3, 0.4) is 0 Å². The van der Waals surface area contributed by atoms with Crippen LogP contribution in [0.2, 0.25) is 0 Å². The molecule has 3 nitrogen and oxygen atoms in total. The molecule has 0 saturated heterocycles. The fourth-order valence-corrected chi connectivity index (χ4v) is 4.86. The third-order valence-electron chi connectivity index (χ3n) is 2.80. The summed E-state index contributed by atoms with van der Waals surface area (Å²) in [5.74, 6) is -0.282. The van der Waals surface area contributed by atoms with Gasteiger partial charge in [0.25, 0.3) is 0 Å². The first kappa shape index (κ1) is 15.6. The number of aryl methyl sites for hydroxylation is 1. The maximum atomic E-state index is 13.0. The van der Waals surface area contributed by atoms with Gasteiger partial charge in [0.2, 0.25) is 10.0 Å². The predicted octanol–water partition coefficient (Wildman–Crippen LogP) is 3.48. The summed E-state index contributed by atoms with van der Waals surface area (Å²) in [5.41, 5.74) is 1.75. The van der Waals surface area contributed by atoms with Crippen LogP contribution < -0.4 is 4.72 Å². The number of hydrogen-bond acceptors (Lipinski definition) is 3. The lowest BCUT2D eigenvalue weighted by Gasteiger charge is -2.07. The molecule has 108 valence electrons. The van der Waals surface area contributed by atoms with Gasteiger partial charge < -0.3 is 0 Å². The van der Waals surface area contributed by atoms with Gasteiger partial charge in [-0.25, -0.2) is 17.5 Å². The van der Waals surface area contributed by atoms with Crippen molar-refractivity contribution in [3.05, 3.63) is 51.1 Å². The summed E-state index contributed by atoms with van der Waals surface area (Å²) in [4.78, 5) is 0. The molecule has 2 rings (SSSR count). The van der Waals surface area contributed by atoms with E-state index in [1.54, 1.807) is 18.2 Å². The highest BCUT2D eigenvalue weighted by atomic mass is 79.9. The minimum absolute atomic E-state index is 0.278. The number of rotatable bonds is 5. The maximum absolute atomic E-state index is 13.0. The molecule has 0 unspecified atom stereocenters. The van der Waals surface area contributed by atoms with Crippen LogP contribution in [0, 0.1) is 12.7 Å². The van der Waals surface area contributed by atoms with E-state index in [-0.39, 0.29) is 16.6 Å². The van der Waals surface area contributed by atoms with Crippen LogP contribution in [0.15, 0.2) is 38.3 Å². The topological polar surface area (TPSA) is 46.2 Å². The quantitative estimate of drug-likeness (QED) is 0.866. The second-order valence-electron chi connectivity index (χ2n) is 4.28.